The number of amides is 2. The molecule has 140 valence electrons. The second-order valence-corrected chi connectivity index (χ2v) is 5.23. The predicted molar refractivity (Wildman–Crippen MR) is 106 cm³/mol. The number of carbonyl (C=O) groups excluding carboxylic acids is 3. The van der Waals surface area contributed by atoms with Crippen LogP contribution in [-0.2, 0) is 19.1 Å². The molecule has 0 radical (unpaired) electrons. The predicted octanol–water partition coefficient (Wildman–Crippen LogP) is 3.85. The number of hydrogen-bond acceptors (Lipinski definition) is 4. The van der Waals surface area contributed by atoms with Crippen molar-refractivity contribution in [1.82, 2.24) is 5.32 Å². The van der Waals surface area contributed by atoms with E-state index in [1.807, 2.05) is 36.4 Å². The standard InChI is InChI=1S/C8H11NO2.C8H8.C5H8O2/c1-5(2)7(10)9-8(11)6(3)4;1-2-8-6-4-3-5-7-8;1-4(2)5(6)7-3/h1,3H2,2,4H3,(H,9,10,11);2-7H,1H2;1H2,2-3H3. The van der Waals surface area contributed by atoms with Crippen LogP contribution in [0.4, 0.5) is 0 Å². The molecule has 5 nitrogen and oxygen atoms in total. The van der Waals surface area contributed by atoms with E-state index in [0.717, 1.165) is 0 Å². The minimum Gasteiger partial charge on any atom is -0.466 e. The molecule has 1 N–H and O–H groups in total. The van der Waals surface area contributed by atoms with Gasteiger partial charge in [0, 0.05) is 16.7 Å². The van der Waals surface area contributed by atoms with Crippen LogP contribution in [-0.4, -0.2) is 24.9 Å². The van der Waals surface area contributed by atoms with Crippen molar-refractivity contribution in [2.75, 3.05) is 7.11 Å². The van der Waals surface area contributed by atoms with Gasteiger partial charge >= 0.3 is 5.97 Å². The van der Waals surface area contributed by atoms with E-state index in [2.05, 4.69) is 36.4 Å². The molecule has 0 saturated heterocycles. The van der Waals surface area contributed by atoms with Gasteiger partial charge in [0.05, 0.1) is 7.11 Å². The van der Waals surface area contributed by atoms with Crippen LogP contribution in [0.3, 0.4) is 0 Å². The number of carbonyl (C=O) groups is 3. The molecular weight excluding hydrogens is 330 g/mol. The highest BCUT2D eigenvalue weighted by molar-refractivity contribution is 6.08. The average molecular weight is 357 g/mol. The molecule has 1 rings (SSSR count). The Morgan fingerprint density at radius 3 is 1.50 bits per heavy atom. The van der Waals surface area contributed by atoms with Crippen molar-refractivity contribution in [2.24, 2.45) is 0 Å². The quantitative estimate of drug-likeness (QED) is 0.656. The third-order valence-electron chi connectivity index (χ3n) is 2.57. The Morgan fingerprint density at radius 2 is 1.31 bits per heavy atom. The molecular formula is C21H27NO4. The summed E-state index contributed by atoms with van der Waals surface area (Å²) in [4.78, 5) is 31.8. The first kappa shape index (κ1) is 25.0. The monoisotopic (exact) mass is 357 g/mol. The van der Waals surface area contributed by atoms with Crippen molar-refractivity contribution in [3.05, 3.63) is 78.9 Å². The number of benzene rings is 1. The van der Waals surface area contributed by atoms with Crippen LogP contribution in [0.5, 0.6) is 0 Å². The van der Waals surface area contributed by atoms with E-state index in [0.29, 0.717) is 16.7 Å². The summed E-state index contributed by atoms with van der Waals surface area (Å²) in [6, 6.07) is 10.0. The van der Waals surface area contributed by atoms with E-state index in [9.17, 15) is 14.4 Å². The Balaban J connectivity index is 0. The zero-order chi connectivity index (χ0) is 20.7. The number of rotatable bonds is 4. The van der Waals surface area contributed by atoms with Crippen molar-refractivity contribution in [2.45, 2.75) is 20.8 Å². The molecule has 2 amide bonds. The van der Waals surface area contributed by atoms with Gasteiger partial charge in [-0.05, 0) is 26.3 Å². The summed E-state index contributed by atoms with van der Waals surface area (Å²) in [5.41, 5.74) is 2.22. The highest BCUT2D eigenvalue weighted by Crippen LogP contribution is 1.97. The van der Waals surface area contributed by atoms with Crippen LogP contribution in [0.25, 0.3) is 6.08 Å². The van der Waals surface area contributed by atoms with Crippen molar-refractivity contribution in [3.63, 3.8) is 0 Å². The maximum absolute atomic E-state index is 10.8. The normalized spacial score (nSPS) is 8.31. The summed E-state index contributed by atoms with van der Waals surface area (Å²) < 4.78 is 4.27. The van der Waals surface area contributed by atoms with Crippen LogP contribution >= 0.6 is 0 Å². The van der Waals surface area contributed by atoms with Gasteiger partial charge in [-0.2, -0.15) is 0 Å². The lowest BCUT2D eigenvalue weighted by molar-refractivity contribution is -0.136. The lowest BCUT2D eigenvalue weighted by atomic mass is 10.2. The average Bonchev–Trinajstić information content (AvgIpc) is 2.62. The van der Waals surface area contributed by atoms with Gasteiger partial charge in [0.15, 0.2) is 0 Å². The summed E-state index contributed by atoms with van der Waals surface area (Å²) in [6.45, 7) is 18.4. The largest absolute Gasteiger partial charge is 0.466 e. The molecule has 0 fully saturated rings. The van der Waals surface area contributed by atoms with Gasteiger partial charge in [-0.3, -0.25) is 14.9 Å². The van der Waals surface area contributed by atoms with Gasteiger partial charge in [0.25, 0.3) is 11.8 Å². The van der Waals surface area contributed by atoms with Crippen molar-refractivity contribution in [1.29, 1.82) is 0 Å². The molecule has 0 heterocycles. The minimum absolute atomic E-state index is 0.305. The Hall–Kier alpha value is -3.21. The highest BCUT2D eigenvalue weighted by Gasteiger charge is 2.07. The zero-order valence-corrected chi connectivity index (χ0v) is 15.9. The molecule has 0 aromatic heterocycles. The molecule has 0 aliphatic rings. The molecule has 0 spiro atoms. The molecule has 5 heteroatoms. The summed E-state index contributed by atoms with van der Waals surface area (Å²) >= 11 is 0. The van der Waals surface area contributed by atoms with Crippen molar-refractivity contribution < 1.29 is 19.1 Å². The Morgan fingerprint density at radius 1 is 0.885 bits per heavy atom. The first-order chi connectivity index (χ1) is 12.1. The number of hydrogen-bond donors (Lipinski definition) is 1. The second kappa shape index (κ2) is 14.2. The van der Waals surface area contributed by atoms with E-state index >= 15 is 0 Å². The Kier molecular flexibility index (Phi) is 13.6. The lowest BCUT2D eigenvalue weighted by Gasteiger charge is -2.00. The number of ether oxygens (including phenoxy) is 1. The summed E-state index contributed by atoms with van der Waals surface area (Å²) in [5.74, 6) is -1.27. The molecule has 0 bridgehead atoms. The Labute approximate surface area is 155 Å². The first-order valence-electron chi connectivity index (χ1n) is 7.64. The third kappa shape index (κ3) is 13.2. The summed E-state index contributed by atoms with van der Waals surface area (Å²) in [7, 11) is 1.33. The lowest BCUT2D eigenvalue weighted by Crippen LogP contribution is -2.30. The number of methoxy groups -OCH3 is 1. The third-order valence-corrected chi connectivity index (χ3v) is 2.57. The maximum Gasteiger partial charge on any atom is 0.332 e. The van der Waals surface area contributed by atoms with Crippen LogP contribution in [0.2, 0.25) is 0 Å². The highest BCUT2D eigenvalue weighted by atomic mass is 16.5. The molecule has 0 aliphatic heterocycles. The van der Waals surface area contributed by atoms with E-state index in [1.54, 1.807) is 6.92 Å². The Bertz CT molecular complexity index is 649. The van der Waals surface area contributed by atoms with E-state index in [4.69, 9.17) is 0 Å². The molecule has 0 unspecified atom stereocenters. The van der Waals surface area contributed by atoms with E-state index in [1.165, 1.54) is 26.5 Å². The van der Waals surface area contributed by atoms with Crippen molar-refractivity contribution in [3.8, 4) is 0 Å². The van der Waals surface area contributed by atoms with Gasteiger partial charge in [0.1, 0.15) is 0 Å². The number of nitrogens with one attached hydrogen (secondary N) is 1. The van der Waals surface area contributed by atoms with Gasteiger partial charge in [0.2, 0.25) is 0 Å². The van der Waals surface area contributed by atoms with Gasteiger partial charge in [-0.15, -0.1) is 0 Å². The summed E-state index contributed by atoms with van der Waals surface area (Å²) in [6.07, 6.45) is 1.83. The fourth-order valence-corrected chi connectivity index (χ4v) is 1.08. The zero-order valence-electron chi connectivity index (χ0n) is 15.9. The second-order valence-electron chi connectivity index (χ2n) is 5.23. The van der Waals surface area contributed by atoms with Gasteiger partial charge < -0.3 is 4.74 Å². The van der Waals surface area contributed by atoms with Gasteiger partial charge in [-0.25, -0.2) is 4.79 Å². The van der Waals surface area contributed by atoms with Crippen LogP contribution < -0.4 is 5.32 Å². The van der Waals surface area contributed by atoms with Crippen LogP contribution in [0, 0.1) is 0 Å². The smallest absolute Gasteiger partial charge is 0.332 e. The molecule has 0 atom stereocenters. The molecule has 26 heavy (non-hydrogen) atoms. The topological polar surface area (TPSA) is 72.5 Å². The molecule has 1 aromatic carbocycles. The molecule has 0 saturated carbocycles. The SMILES string of the molecule is C=C(C)C(=O)NC(=O)C(=C)C.C=C(C)C(=O)OC.C=Cc1ccccc1. The maximum atomic E-state index is 10.8. The van der Waals surface area contributed by atoms with E-state index < -0.39 is 11.8 Å². The molecule has 0 aliphatic carbocycles. The van der Waals surface area contributed by atoms with Crippen LogP contribution in [0.1, 0.15) is 26.3 Å². The van der Waals surface area contributed by atoms with E-state index in [-0.39, 0.29) is 5.97 Å². The summed E-state index contributed by atoms with van der Waals surface area (Å²) in [5, 5.41) is 2.10. The fourth-order valence-electron chi connectivity index (χ4n) is 1.08. The first-order valence-corrected chi connectivity index (χ1v) is 7.64. The minimum atomic E-state index is -0.460. The number of imide groups is 1. The fraction of sp³-hybridized carbons (Fsp3) is 0.190. The van der Waals surface area contributed by atoms with Crippen LogP contribution in [0.15, 0.2) is 73.4 Å². The number of esters is 1. The molecule has 1 aromatic rings. The van der Waals surface area contributed by atoms with Crippen molar-refractivity contribution >= 4 is 23.9 Å². The van der Waals surface area contributed by atoms with Gasteiger partial charge in [-0.1, -0.05) is 62.7 Å².